The van der Waals surface area contributed by atoms with Gasteiger partial charge in [-0.15, -0.1) is 0 Å². The van der Waals surface area contributed by atoms with Crippen LogP contribution in [0.1, 0.15) is 79.1 Å². The van der Waals surface area contributed by atoms with Crippen LogP contribution in [0.15, 0.2) is 23.3 Å². The van der Waals surface area contributed by atoms with Crippen molar-refractivity contribution in [3.05, 3.63) is 23.3 Å². The third kappa shape index (κ3) is 10.0. The van der Waals surface area contributed by atoms with Gasteiger partial charge in [0.15, 0.2) is 0 Å². The molecule has 0 amide bonds. The van der Waals surface area contributed by atoms with Crippen LogP contribution < -0.4 is 0 Å². The molecule has 0 aliphatic carbocycles. The van der Waals surface area contributed by atoms with Gasteiger partial charge in [0.25, 0.3) is 0 Å². The zero-order valence-electron chi connectivity index (χ0n) is 11.8. The Labute approximate surface area is 103 Å². The molecule has 94 valence electrons. The zero-order valence-corrected chi connectivity index (χ0v) is 11.8. The minimum atomic E-state index is 1.31. The van der Waals surface area contributed by atoms with Gasteiger partial charge < -0.3 is 0 Å². The highest BCUT2D eigenvalue weighted by atomic mass is 14.0. The molecule has 0 aliphatic heterocycles. The molecule has 0 atom stereocenters. The lowest BCUT2D eigenvalue weighted by Crippen LogP contribution is -1.86. The van der Waals surface area contributed by atoms with Crippen LogP contribution in [0.5, 0.6) is 0 Å². The highest BCUT2D eigenvalue weighted by molar-refractivity contribution is 5.15. The van der Waals surface area contributed by atoms with E-state index < -0.39 is 0 Å². The Morgan fingerprint density at radius 3 is 1.62 bits per heavy atom. The summed E-state index contributed by atoms with van der Waals surface area (Å²) in [5.41, 5.74) is 3.06. The first-order chi connectivity index (χ1) is 7.70. The van der Waals surface area contributed by atoms with Crippen molar-refractivity contribution >= 4 is 0 Å². The number of hydrogen-bond donors (Lipinski definition) is 0. The maximum Gasteiger partial charge on any atom is -0.0317 e. The van der Waals surface area contributed by atoms with Crippen molar-refractivity contribution in [2.45, 2.75) is 79.1 Å². The second kappa shape index (κ2) is 11.0. The van der Waals surface area contributed by atoms with Gasteiger partial charge in [-0.3, -0.25) is 0 Å². The van der Waals surface area contributed by atoms with Gasteiger partial charge in [0.1, 0.15) is 0 Å². The van der Waals surface area contributed by atoms with E-state index in [1.807, 2.05) is 0 Å². The van der Waals surface area contributed by atoms with E-state index in [0.29, 0.717) is 0 Å². The van der Waals surface area contributed by atoms with Crippen molar-refractivity contribution in [2.75, 3.05) is 0 Å². The molecule has 0 saturated carbocycles. The van der Waals surface area contributed by atoms with Crippen LogP contribution in [0.4, 0.5) is 0 Å². The van der Waals surface area contributed by atoms with Crippen molar-refractivity contribution in [3.63, 3.8) is 0 Å². The molecule has 0 heterocycles. The molecule has 0 aliphatic rings. The molecule has 16 heavy (non-hydrogen) atoms. The fourth-order valence-electron chi connectivity index (χ4n) is 1.78. The van der Waals surface area contributed by atoms with Gasteiger partial charge >= 0.3 is 0 Å². The Balaban J connectivity index is 4.05. The lowest BCUT2D eigenvalue weighted by Gasteiger charge is -2.06. The predicted molar refractivity (Wildman–Crippen MR) is 75.8 cm³/mol. The molecule has 0 N–H and O–H groups in total. The van der Waals surface area contributed by atoms with E-state index in [-0.39, 0.29) is 0 Å². The van der Waals surface area contributed by atoms with E-state index in [0.717, 1.165) is 0 Å². The third-order valence-electron chi connectivity index (χ3n) is 2.86. The van der Waals surface area contributed by atoms with E-state index in [1.165, 1.54) is 56.9 Å². The largest absolute Gasteiger partial charge is 0.0764 e. The molecule has 0 radical (unpaired) electrons. The molecule has 0 aromatic rings. The molecule has 0 unspecified atom stereocenters. The second-order valence-corrected chi connectivity index (χ2v) is 4.98. The quantitative estimate of drug-likeness (QED) is 0.329. The topological polar surface area (TPSA) is 0 Å². The molecular formula is C16H30. The van der Waals surface area contributed by atoms with Crippen LogP contribution in [-0.2, 0) is 0 Å². The standard InChI is InChI=1S/C16H30/c1-5-7-9-11-16(12-10-8-6-2)14-13-15(3)4/h13-14H,5-12H2,1-4H3. The molecule has 0 saturated heterocycles. The van der Waals surface area contributed by atoms with Gasteiger partial charge in [-0.1, -0.05) is 62.8 Å². The van der Waals surface area contributed by atoms with Gasteiger partial charge in [-0.25, -0.2) is 0 Å². The average molecular weight is 222 g/mol. The Morgan fingerprint density at radius 1 is 0.750 bits per heavy atom. The first-order valence-electron chi connectivity index (χ1n) is 7.03. The van der Waals surface area contributed by atoms with Crippen molar-refractivity contribution in [1.82, 2.24) is 0 Å². The van der Waals surface area contributed by atoms with Crippen LogP contribution in [0.25, 0.3) is 0 Å². The molecule has 0 aromatic carbocycles. The molecule has 0 aromatic heterocycles. The van der Waals surface area contributed by atoms with E-state index in [9.17, 15) is 0 Å². The van der Waals surface area contributed by atoms with Crippen molar-refractivity contribution in [1.29, 1.82) is 0 Å². The molecular weight excluding hydrogens is 192 g/mol. The zero-order chi connectivity index (χ0) is 12.2. The van der Waals surface area contributed by atoms with Crippen LogP contribution in [-0.4, -0.2) is 0 Å². The van der Waals surface area contributed by atoms with Gasteiger partial charge in [-0.05, 0) is 39.5 Å². The van der Waals surface area contributed by atoms with Crippen molar-refractivity contribution < 1.29 is 0 Å². The number of rotatable bonds is 9. The van der Waals surface area contributed by atoms with Crippen LogP contribution in [0.2, 0.25) is 0 Å². The van der Waals surface area contributed by atoms with Crippen LogP contribution in [0.3, 0.4) is 0 Å². The van der Waals surface area contributed by atoms with Crippen molar-refractivity contribution in [3.8, 4) is 0 Å². The highest BCUT2D eigenvalue weighted by Crippen LogP contribution is 2.17. The number of allylic oxidation sites excluding steroid dienone is 4. The van der Waals surface area contributed by atoms with Gasteiger partial charge in [-0.2, -0.15) is 0 Å². The summed E-state index contributed by atoms with van der Waals surface area (Å²) in [6.07, 6.45) is 15.4. The summed E-state index contributed by atoms with van der Waals surface area (Å²) in [4.78, 5) is 0. The van der Waals surface area contributed by atoms with Crippen LogP contribution >= 0.6 is 0 Å². The molecule has 0 spiro atoms. The summed E-state index contributed by atoms with van der Waals surface area (Å²) in [6.45, 7) is 8.89. The SMILES string of the molecule is CCCCCC(=CC=C(C)C)CCCCC. The average Bonchev–Trinajstić information content (AvgIpc) is 2.25. The Hall–Kier alpha value is -0.520. The van der Waals surface area contributed by atoms with E-state index in [2.05, 4.69) is 39.8 Å². The summed E-state index contributed by atoms with van der Waals surface area (Å²) in [5, 5.41) is 0. The minimum Gasteiger partial charge on any atom is -0.0764 e. The first kappa shape index (κ1) is 15.5. The van der Waals surface area contributed by atoms with Crippen LogP contribution in [0, 0.1) is 0 Å². The smallest absolute Gasteiger partial charge is 0.0317 e. The third-order valence-corrected chi connectivity index (χ3v) is 2.86. The van der Waals surface area contributed by atoms with Gasteiger partial charge in [0.2, 0.25) is 0 Å². The number of unbranched alkanes of at least 4 members (excludes halogenated alkanes) is 4. The fraction of sp³-hybridized carbons (Fsp3) is 0.750. The monoisotopic (exact) mass is 222 g/mol. The highest BCUT2D eigenvalue weighted by Gasteiger charge is 1.97. The fourth-order valence-corrected chi connectivity index (χ4v) is 1.78. The van der Waals surface area contributed by atoms with Gasteiger partial charge in [0, 0.05) is 0 Å². The predicted octanol–water partition coefficient (Wildman–Crippen LogP) is 6.04. The number of hydrogen-bond acceptors (Lipinski definition) is 0. The lowest BCUT2D eigenvalue weighted by molar-refractivity contribution is 0.659. The second-order valence-electron chi connectivity index (χ2n) is 4.98. The normalized spacial score (nSPS) is 10.0. The Kier molecular flexibility index (Phi) is 10.6. The maximum absolute atomic E-state index is 2.36. The van der Waals surface area contributed by atoms with Crippen molar-refractivity contribution in [2.24, 2.45) is 0 Å². The van der Waals surface area contributed by atoms with Gasteiger partial charge in [0.05, 0.1) is 0 Å². The first-order valence-corrected chi connectivity index (χ1v) is 7.03. The summed E-state index contributed by atoms with van der Waals surface area (Å²) in [5.74, 6) is 0. The maximum atomic E-state index is 2.36. The summed E-state index contributed by atoms with van der Waals surface area (Å²) in [6, 6.07) is 0. The summed E-state index contributed by atoms with van der Waals surface area (Å²) in [7, 11) is 0. The molecule has 0 heteroatoms. The van der Waals surface area contributed by atoms with E-state index in [1.54, 1.807) is 5.57 Å². The Morgan fingerprint density at radius 2 is 1.25 bits per heavy atom. The molecule has 0 fully saturated rings. The molecule has 0 rings (SSSR count). The summed E-state index contributed by atoms with van der Waals surface area (Å²) < 4.78 is 0. The molecule has 0 nitrogen and oxygen atoms in total. The molecule has 0 bridgehead atoms. The lowest BCUT2D eigenvalue weighted by atomic mass is 10.0. The van der Waals surface area contributed by atoms with E-state index >= 15 is 0 Å². The van der Waals surface area contributed by atoms with E-state index in [4.69, 9.17) is 0 Å². The Bertz CT molecular complexity index is 192. The summed E-state index contributed by atoms with van der Waals surface area (Å²) >= 11 is 0. The minimum absolute atomic E-state index is 1.31.